The van der Waals surface area contributed by atoms with Crippen LogP contribution in [0.1, 0.15) is 31.9 Å². The Morgan fingerprint density at radius 3 is 2.68 bits per heavy atom. The Kier molecular flexibility index (Phi) is 4.88. The van der Waals surface area contributed by atoms with Crippen LogP contribution in [0.3, 0.4) is 0 Å². The second-order valence-corrected chi connectivity index (χ2v) is 5.75. The number of primary amides is 1. The van der Waals surface area contributed by atoms with E-state index in [1.54, 1.807) is 12.1 Å². The molecule has 0 saturated carbocycles. The fraction of sp³-hybridized carbons (Fsp3) is 0.375. The molecule has 19 heavy (non-hydrogen) atoms. The summed E-state index contributed by atoms with van der Waals surface area (Å²) in [7, 11) is 0. The van der Waals surface area contributed by atoms with E-state index in [0.29, 0.717) is 12.0 Å². The van der Waals surface area contributed by atoms with Gasteiger partial charge in [-0.1, -0.05) is 45.1 Å². The second-order valence-electron chi connectivity index (χ2n) is 5.75. The van der Waals surface area contributed by atoms with Crippen LogP contribution in [0.5, 0.6) is 0 Å². The molecule has 0 aliphatic heterocycles. The molecule has 1 aromatic rings. The Morgan fingerprint density at radius 2 is 2.16 bits per heavy atom. The number of amides is 1. The van der Waals surface area contributed by atoms with Crippen molar-refractivity contribution in [1.82, 2.24) is 0 Å². The summed E-state index contributed by atoms with van der Waals surface area (Å²) in [4.78, 5) is 11.5. The van der Waals surface area contributed by atoms with Gasteiger partial charge in [0, 0.05) is 0 Å². The third-order valence-electron chi connectivity index (χ3n) is 2.71. The summed E-state index contributed by atoms with van der Waals surface area (Å²) in [6.45, 7) is 6.20. The zero-order chi connectivity index (χ0) is 14.5. The van der Waals surface area contributed by atoms with Crippen molar-refractivity contribution >= 4 is 5.91 Å². The van der Waals surface area contributed by atoms with E-state index in [4.69, 9.17) is 11.0 Å². The molecular weight excluding hydrogens is 236 g/mol. The molecule has 0 saturated heterocycles. The number of carbonyl (C=O) groups excluding carboxylic acids is 1. The first-order valence-electron chi connectivity index (χ1n) is 6.29. The maximum absolute atomic E-state index is 11.5. The zero-order valence-corrected chi connectivity index (χ0v) is 11.7. The molecule has 0 heterocycles. The molecule has 1 atom stereocenters. The van der Waals surface area contributed by atoms with Crippen molar-refractivity contribution < 1.29 is 4.79 Å². The number of carbonyl (C=O) groups is 1. The fourth-order valence-electron chi connectivity index (χ4n) is 1.69. The van der Waals surface area contributed by atoms with E-state index in [0.717, 1.165) is 5.56 Å². The summed E-state index contributed by atoms with van der Waals surface area (Å²) < 4.78 is 0. The van der Waals surface area contributed by atoms with Crippen LogP contribution < -0.4 is 5.73 Å². The highest BCUT2D eigenvalue weighted by Gasteiger charge is 2.14. The monoisotopic (exact) mass is 256 g/mol. The van der Waals surface area contributed by atoms with E-state index >= 15 is 0 Å². The standard InChI is InChI=1S/C16H20N2O/c1-16(2,3)8-7-14(15(18)19)10-12-5-4-6-13(9-12)11-17/h4-9,14H,10H2,1-3H3,(H2,18,19). The van der Waals surface area contributed by atoms with Gasteiger partial charge in [0.15, 0.2) is 0 Å². The van der Waals surface area contributed by atoms with Crippen LogP contribution in [0, 0.1) is 22.7 Å². The fourth-order valence-corrected chi connectivity index (χ4v) is 1.69. The van der Waals surface area contributed by atoms with Gasteiger partial charge in [-0.2, -0.15) is 5.26 Å². The van der Waals surface area contributed by atoms with Crippen molar-refractivity contribution in [2.75, 3.05) is 0 Å². The number of hydrogen-bond acceptors (Lipinski definition) is 2. The lowest BCUT2D eigenvalue weighted by molar-refractivity contribution is -0.120. The molecule has 3 heteroatoms. The van der Waals surface area contributed by atoms with E-state index < -0.39 is 0 Å². The van der Waals surface area contributed by atoms with E-state index in [2.05, 4.69) is 26.8 Å². The SMILES string of the molecule is CC(C)(C)C=CC(Cc1cccc(C#N)c1)C(N)=O. The number of nitrogens with two attached hydrogens (primary N) is 1. The van der Waals surface area contributed by atoms with Crippen LogP contribution in [0.2, 0.25) is 0 Å². The molecular formula is C16H20N2O. The van der Waals surface area contributed by atoms with Crippen molar-refractivity contribution in [2.24, 2.45) is 17.1 Å². The number of nitriles is 1. The average Bonchev–Trinajstić information content (AvgIpc) is 2.33. The molecule has 0 aromatic heterocycles. The molecule has 0 radical (unpaired) electrons. The first-order chi connectivity index (χ1) is 8.81. The number of nitrogens with zero attached hydrogens (tertiary/aromatic N) is 1. The lowest BCUT2D eigenvalue weighted by atomic mass is 9.91. The van der Waals surface area contributed by atoms with Gasteiger partial charge in [0.25, 0.3) is 0 Å². The minimum absolute atomic E-state index is 0.0161. The highest BCUT2D eigenvalue weighted by Crippen LogP contribution is 2.18. The number of rotatable bonds is 4. The first kappa shape index (κ1) is 15.0. The lowest BCUT2D eigenvalue weighted by Crippen LogP contribution is -2.24. The van der Waals surface area contributed by atoms with Gasteiger partial charge in [0.05, 0.1) is 17.6 Å². The minimum atomic E-state index is -0.345. The number of hydrogen-bond donors (Lipinski definition) is 1. The highest BCUT2D eigenvalue weighted by molar-refractivity contribution is 5.78. The lowest BCUT2D eigenvalue weighted by Gasteiger charge is -2.14. The molecule has 0 aliphatic rings. The summed E-state index contributed by atoms with van der Waals surface area (Å²) in [5.74, 6) is -0.684. The van der Waals surface area contributed by atoms with Crippen molar-refractivity contribution in [1.29, 1.82) is 5.26 Å². The molecule has 0 bridgehead atoms. The van der Waals surface area contributed by atoms with Crippen LogP contribution in [0.4, 0.5) is 0 Å². The van der Waals surface area contributed by atoms with Gasteiger partial charge < -0.3 is 5.73 Å². The van der Waals surface area contributed by atoms with Gasteiger partial charge in [-0.05, 0) is 29.5 Å². The molecule has 3 nitrogen and oxygen atoms in total. The first-order valence-corrected chi connectivity index (χ1v) is 6.29. The Balaban J connectivity index is 2.88. The summed E-state index contributed by atoms with van der Waals surface area (Å²) >= 11 is 0. The largest absolute Gasteiger partial charge is 0.369 e. The Bertz CT molecular complexity index is 518. The summed E-state index contributed by atoms with van der Waals surface area (Å²) in [6, 6.07) is 9.35. The van der Waals surface area contributed by atoms with Gasteiger partial charge in [-0.25, -0.2) is 0 Å². The molecule has 100 valence electrons. The molecule has 0 fully saturated rings. The average molecular weight is 256 g/mol. The summed E-state index contributed by atoms with van der Waals surface area (Å²) in [5.41, 5.74) is 6.99. The topological polar surface area (TPSA) is 66.9 Å². The zero-order valence-electron chi connectivity index (χ0n) is 11.7. The molecule has 0 spiro atoms. The maximum Gasteiger partial charge on any atom is 0.224 e. The molecule has 1 aromatic carbocycles. The van der Waals surface area contributed by atoms with Gasteiger partial charge in [0.1, 0.15) is 0 Å². The van der Waals surface area contributed by atoms with Crippen molar-refractivity contribution in [2.45, 2.75) is 27.2 Å². The van der Waals surface area contributed by atoms with Crippen molar-refractivity contribution in [3.8, 4) is 6.07 Å². The second kappa shape index (κ2) is 6.19. The number of allylic oxidation sites excluding steroid dienone is 1. The number of benzene rings is 1. The van der Waals surface area contributed by atoms with E-state index in [1.165, 1.54) is 0 Å². The highest BCUT2D eigenvalue weighted by atomic mass is 16.1. The van der Waals surface area contributed by atoms with Gasteiger partial charge in [-0.3, -0.25) is 4.79 Å². The van der Waals surface area contributed by atoms with Gasteiger partial charge >= 0.3 is 0 Å². The smallest absolute Gasteiger partial charge is 0.224 e. The molecule has 1 amide bonds. The summed E-state index contributed by atoms with van der Waals surface area (Å²) in [5, 5.41) is 8.86. The minimum Gasteiger partial charge on any atom is -0.369 e. The predicted molar refractivity (Wildman–Crippen MR) is 76.1 cm³/mol. The van der Waals surface area contributed by atoms with E-state index in [9.17, 15) is 4.79 Å². The van der Waals surface area contributed by atoms with Crippen LogP contribution in [0.25, 0.3) is 0 Å². The predicted octanol–water partition coefficient (Wildman–Crippen LogP) is 2.80. The van der Waals surface area contributed by atoms with E-state index in [-0.39, 0.29) is 17.2 Å². The van der Waals surface area contributed by atoms with Gasteiger partial charge in [-0.15, -0.1) is 0 Å². The van der Waals surface area contributed by atoms with Gasteiger partial charge in [0.2, 0.25) is 5.91 Å². The third-order valence-corrected chi connectivity index (χ3v) is 2.71. The van der Waals surface area contributed by atoms with E-state index in [1.807, 2.05) is 24.3 Å². The molecule has 1 rings (SSSR count). The Hall–Kier alpha value is -2.08. The quantitative estimate of drug-likeness (QED) is 0.842. The third kappa shape index (κ3) is 5.39. The van der Waals surface area contributed by atoms with Crippen LogP contribution in [-0.4, -0.2) is 5.91 Å². The Labute approximate surface area is 114 Å². The van der Waals surface area contributed by atoms with Crippen LogP contribution >= 0.6 is 0 Å². The molecule has 1 unspecified atom stereocenters. The van der Waals surface area contributed by atoms with Crippen LogP contribution in [0.15, 0.2) is 36.4 Å². The molecule has 2 N–H and O–H groups in total. The van der Waals surface area contributed by atoms with Crippen molar-refractivity contribution in [3.63, 3.8) is 0 Å². The maximum atomic E-state index is 11.5. The summed E-state index contributed by atoms with van der Waals surface area (Å²) in [6.07, 6.45) is 4.38. The van der Waals surface area contributed by atoms with Crippen molar-refractivity contribution in [3.05, 3.63) is 47.5 Å². The molecule has 0 aliphatic carbocycles. The normalized spacial score (nSPS) is 13.2. The van der Waals surface area contributed by atoms with Crippen LogP contribution in [-0.2, 0) is 11.2 Å². The Morgan fingerprint density at radius 1 is 1.47 bits per heavy atom.